The summed E-state index contributed by atoms with van der Waals surface area (Å²) >= 11 is 0. The third-order valence-corrected chi connectivity index (χ3v) is 8.42. The Morgan fingerprint density at radius 3 is 2.46 bits per heavy atom. The predicted molar refractivity (Wildman–Crippen MR) is 153 cm³/mol. The van der Waals surface area contributed by atoms with E-state index in [2.05, 4.69) is 70.7 Å². The molecule has 2 amide bonds. The quantitative estimate of drug-likeness (QED) is 0.305. The van der Waals surface area contributed by atoms with E-state index in [1.807, 2.05) is 6.92 Å². The topological polar surface area (TPSA) is 102 Å². The van der Waals surface area contributed by atoms with Crippen molar-refractivity contribution in [2.24, 2.45) is 11.0 Å². The van der Waals surface area contributed by atoms with E-state index in [1.54, 1.807) is 11.0 Å². The van der Waals surface area contributed by atoms with Gasteiger partial charge in [-0.05, 0) is 98.1 Å². The van der Waals surface area contributed by atoms with Gasteiger partial charge in [0, 0.05) is 12.1 Å². The minimum atomic E-state index is -0.668. The van der Waals surface area contributed by atoms with Crippen molar-refractivity contribution in [3.05, 3.63) is 65.4 Å². The normalized spacial score (nSPS) is 20.6. The standard InChI is InChI=1S/C31H38N6O2/c1-4-21-17-27(18-33-29(21)35-32)34-30(38)31(39)37-19-20(2)5-10-28(37)25-9-7-22-6-8-24(15-26(22)16-25)23-11-13-36(3)14-12-23/h6-9,15-18,20,23,28,32H,4-5,10-14,19H2,1-3H3,(H,34,38)/t20-,28+/m0/s1. The monoisotopic (exact) mass is 526 g/mol. The van der Waals surface area contributed by atoms with Crippen LogP contribution in [-0.4, -0.2) is 53.3 Å². The first-order valence-electron chi connectivity index (χ1n) is 14.1. The number of aromatic nitrogens is 1. The predicted octanol–water partition coefficient (Wildman–Crippen LogP) is 6.21. The molecule has 2 saturated heterocycles. The fourth-order valence-electron chi connectivity index (χ4n) is 6.06. The average molecular weight is 527 g/mol. The molecule has 1 aromatic heterocycles. The van der Waals surface area contributed by atoms with Gasteiger partial charge in [-0.2, -0.15) is 0 Å². The third kappa shape index (κ3) is 5.86. The van der Waals surface area contributed by atoms with Crippen molar-refractivity contribution >= 4 is 34.1 Å². The number of amides is 2. The van der Waals surface area contributed by atoms with E-state index >= 15 is 0 Å². The number of rotatable bonds is 5. The number of fused-ring (bicyclic) bond motifs is 1. The zero-order valence-electron chi connectivity index (χ0n) is 23.1. The summed E-state index contributed by atoms with van der Waals surface area (Å²) in [6, 6.07) is 14.8. The molecule has 0 bridgehead atoms. The highest BCUT2D eigenvalue weighted by atomic mass is 16.2. The number of pyridine rings is 1. The van der Waals surface area contributed by atoms with Gasteiger partial charge >= 0.3 is 11.8 Å². The van der Waals surface area contributed by atoms with Crippen LogP contribution in [0.25, 0.3) is 10.8 Å². The fraction of sp³-hybridized carbons (Fsp3) is 0.452. The summed E-state index contributed by atoms with van der Waals surface area (Å²) in [6.45, 7) is 6.86. The van der Waals surface area contributed by atoms with Crippen LogP contribution < -0.4 is 5.32 Å². The lowest BCUT2D eigenvalue weighted by molar-refractivity contribution is -0.146. The van der Waals surface area contributed by atoms with E-state index in [9.17, 15) is 9.59 Å². The Morgan fingerprint density at radius 1 is 1.03 bits per heavy atom. The number of hydrogen-bond acceptors (Lipinski definition) is 6. The molecule has 2 aromatic carbocycles. The van der Waals surface area contributed by atoms with E-state index in [0.717, 1.165) is 37.1 Å². The molecule has 8 heteroatoms. The number of likely N-dealkylation sites (tertiary alicyclic amines) is 2. The van der Waals surface area contributed by atoms with Gasteiger partial charge in [-0.25, -0.2) is 10.5 Å². The SMILES string of the molecule is CCc1cc(NC(=O)C(=O)N2C[C@@H](C)CC[C@@H]2c2ccc3ccc(C4CCN(C)CC4)cc3c2)cnc1N=N. The van der Waals surface area contributed by atoms with Gasteiger partial charge in [0.2, 0.25) is 0 Å². The number of carbonyl (C=O) groups excluding carboxylic acids is 2. The first-order valence-corrected chi connectivity index (χ1v) is 14.1. The molecule has 0 radical (unpaired) electrons. The van der Waals surface area contributed by atoms with Gasteiger partial charge in [0.05, 0.1) is 17.9 Å². The van der Waals surface area contributed by atoms with Gasteiger partial charge in [0.1, 0.15) is 0 Å². The Balaban J connectivity index is 1.38. The van der Waals surface area contributed by atoms with Crippen molar-refractivity contribution in [1.29, 1.82) is 5.53 Å². The Kier molecular flexibility index (Phi) is 8.02. The maximum Gasteiger partial charge on any atom is 0.313 e. The molecule has 2 aliphatic rings. The molecule has 2 aliphatic heterocycles. The summed E-state index contributed by atoms with van der Waals surface area (Å²) in [4.78, 5) is 34.9. The molecule has 0 saturated carbocycles. The van der Waals surface area contributed by atoms with Crippen LogP contribution in [0.5, 0.6) is 0 Å². The maximum absolute atomic E-state index is 13.5. The largest absolute Gasteiger partial charge is 0.327 e. The molecule has 2 N–H and O–H groups in total. The van der Waals surface area contributed by atoms with Crippen molar-refractivity contribution in [1.82, 2.24) is 14.8 Å². The number of nitrogens with one attached hydrogen (secondary N) is 2. The molecule has 8 nitrogen and oxygen atoms in total. The summed E-state index contributed by atoms with van der Waals surface area (Å²) < 4.78 is 0. The Hall–Kier alpha value is -3.65. The van der Waals surface area contributed by atoms with Crippen LogP contribution in [0.3, 0.4) is 0 Å². The first kappa shape index (κ1) is 26.9. The zero-order valence-corrected chi connectivity index (χ0v) is 23.1. The van der Waals surface area contributed by atoms with Gasteiger partial charge < -0.3 is 15.1 Å². The molecule has 39 heavy (non-hydrogen) atoms. The maximum atomic E-state index is 13.5. The molecule has 5 rings (SSSR count). The van der Waals surface area contributed by atoms with E-state index in [0.29, 0.717) is 36.3 Å². The average Bonchev–Trinajstić information content (AvgIpc) is 2.96. The second kappa shape index (κ2) is 11.6. The number of anilines is 1. The highest BCUT2D eigenvalue weighted by Gasteiger charge is 2.34. The molecular formula is C31H38N6O2. The summed E-state index contributed by atoms with van der Waals surface area (Å²) in [6.07, 6.45) is 6.24. The molecule has 3 aromatic rings. The summed E-state index contributed by atoms with van der Waals surface area (Å²) in [5.41, 5.74) is 10.9. The van der Waals surface area contributed by atoms with Crippen molar-refractivity contribution in [3.8, 4) is 0 Å². The number of hydrogen-bond donors (Lipinski definition) is 2. The molecule has 204 valence electrons. The van der Waals surface area contributed by atoms with Crippen molar-refractivity contribution < 1.29 is 9.59 Å². The second-order valence-corrected chi connectivity index (χ2v) is 11.2. The van der Waals surface area contributed by atoms with E-state index < -0.39 is 11.8 Å². The zero-order chi connectivity index (χ0) is 27.5. The molecular weight excluding hydrogens is 488 g/mol. The Bertz CT molecular complexity index is 1380. The van der Waals surface area contributed by atoms with Crippen molar-refractivity contribution in [2.45, 2.75) is 57.9 Å². The van der Waals surface area contributed by atoms with Crippen LogP contribution in [0.4, 0.5) is 11.5 Å². The van der Waals surface area contributed by atoms with E-state index in [-0.39, 0.29) is 6.04 Å². The number of carbonyl (C=O) groups is 2. The molecule has 0 spiro atoms. The summed E-state index contributed by atoms with van der Waals surface area (Å²) in [5, 5.41) is 8.54. The molecule has 0 unspecified atom stereocenters. The molecule has 3 heterocycles. The minimum Gasteiger partial charge on any atom is -0.327 e. The molecule has 2 fully saturated rings. The Labute approximate surface area is 230 Å². The Morgan fingerprint density at radius 2 is 1.74 bits per heavy atom. The van der Waals surface area contributed by atoms with Crippen LogP contribution in [0.2, 0.25) is 0 Å². The van der Waals surface area contributed by atoms with E-state index in [1.165, 1.54) is 35.4 Å². The van der Waals surface area contributed by atoms with Gasteiger partial charge in [-0.1, -0.05) is 44.2 Å². The lowest BCUT2D eigenvalue weighted by Gasteiger charge is -2.38. The number of piperidine rings is 2. The number of aryl methyl sites for hydroxylation is 1. The molecule has 0 aliphatic carbocycles. The van der Waals surface area contributed by atoms with Gasteiger partial charge in [-0.3, -0.25) is 9.59 Å². The number of nitrogens with zero attached hydrogens (tertiary/aromatic N) is 4. The lowest BCUT2D eigenvalue weighted by atomic mass is 9.86. The lowest BCUT2D eigenvalue weighted by Crippen LogP contribution is -2.46. The summed E-state index contributed by atoms with van der Waals surface area (Å²) in [5.74, 6) is 0.0267. The minimum absolute atomic E-state index is 0.148. The fourth-order valence-corrected chi connectivity index (χ4v) is 6.06. The van der Waals surface area contributed by atoms with Crippen LogP contribution >= 0.6 is 0 Å². The van der Waals surface area contributed by atoms with Gasteiger partial charge in [0.25, 0.3) is 0 Å². The summed E-state index contributed by atoms with van der Waals surface area (Å²) in [7, 11) is 2.19. The highest BCUT2D eigenvalue weighted by Crippen LogP contribution is 2.36. The van der Waals surface area contributed by atoms with Crippen LogP contribution in [0.1, 0.15) is 68.2 Å². The number of benzene rings is 2. The third-order valence-electron chi connectivity index (χ3n) is 8.42. The smallest absolute Gasteiger partial charge is 0.313 e. The van der Waals surface area contributed by atoms with Crippen LogP contribution in [0.15, 0.2) is 53.8 Å². The van der Waals surface area contributed by atoms with Crippen LogP contribution in [0, 0.1) is 11.4 Å². The molecule has 2 atom stereocenters. The highest BCUT2D eigenvalue weighted by molar-refractivity contribution is 6.39. The van der Waals surface area contributed by atoms with Crippen LogP contribution in [-0.2, 0) is 16.0 Å². The van der Waals surface area contributed by atoms with Crippen molar-refractivity contribution in [2.75, 3.05) is 32.0 Å². The first-order chi connectivity index (χ1) is 18.9. The van der Waals surface area contributed by atoms with Gasteiger partial charge in [0.15, 0.2) is 5.82 Å². The second-order valence-electron chi connectivity index (χ2n) is 11.2. The van der Waals surface area contributed by atoms with Gasteiger partial charge in [-0.15, -0.1) is 5.11 Å². The van der Waals surface area contributed by atoms with E-state index in [4.69, 9.17) is 5.53 Å². The van der Waals surface area contributed by atoms with Crippen molar-refractivity contribution in [3.63, 3.8) is 0 Å².